The van der Waals surface area contributed by atoms with E-state index in [1.807, 2.05) is 13.0 Å². The highest BCUT2D eigenvalue weighted by Gasteiger charge is 2.46. The van der Waals surface area contributed by atoms with Gasteiger partial charge in [0, 0.05) is 12.5 Å². The van der Waals surface area contributed by atoms with Crippen molar-refractivity contribution in [1.29, 1.82) is 0 Å². The third kappa shape index (κ3) is 3.02. The molecule has 21 heavy (non-hydrogen) atoms. The molecule has 1 aliphatic carbocycles. The zero-order valence-corrected chi connectivity index (χ0v) is 13.6. The van der Waals surface area contributed by atoms with E-state index in [1.165, 1.54) is 18.4 Å². The molecular formula is C18H26ClNO. The first kappa shape index (κ1) is 16.5. The van der Waals surface area contributed by atoms with Crippen molar-refractivity contribution in [3.05, 3.63) is 35.9 Å². The molecule has 1 saturated carbocycles. The Kier molecular flexibility index (Phi) is 5.45. The number of rotatable bonds is 3. The molecule has 1 N–H and O–H groups in total. The molecule has 1 aromatic carbocycles. The Balaban J connectivity index is 0.00000161. The second kappa shape index (κ2) is 6.93. The minimum absolute atomic E-state index is 0. The lowest BCUT2D eigenvalue weighted by molar-refractivity contribution is -0.126. The fourth-order valence-corrected chi connectivity index (χ4v) is 4.33. The number of benzene rings is 1. The zero-order chi connectivity index (χ0) is 14.0. The van der Waals surface area contributed by atoms with Crippen LogP contribution in [-0.4, -0.2) is 18.4 Å². The Bertz CT molecular complexity index is 475. The zero-order valence-electron chi connectivity index (χ0n) is 12.8. The molecule has 116 valence electrons. The molecule has 1 heterocycles. The van der Waals surface area contributed by atoms with E-state index in [0.717, 1.165) is 25.8 Å². The summed E-state index contributed by atoms with van der Waals surface area (Å²) in [5, 5.41) is 3.66. The van der Waals surface area contributed by atoms with Crippen LogP contribution in [0.2, 0.25) is 0 Å². The van der Waals surface area contributed by atoms with Crippen molar-refractivity contribution in [2.75, 3.05) is 6.54 Å². The number of Topliss-reactive ketones (excluding diaryl/α,β-unsaturated/α-hetero) is 1. The summed E-state index contributed by atoms with van der Waals surface area (Å²) >= 11 is 0. The topological polar surface area (TPSA) is 29.1 Å². The van der Waals surface area contributed by atoms with E-state index in [4.69, 9.17) is 0 Å². The average Bonchev–Trinajstić information content (AvgIpc) is 2.54. The van der Waals surface area contributed by atoms with Gasteiger partial charge in [-0.15, -0.1) is 12.4 Å². The van der Waals surface area contributed by atoms with E-state index in [9.17, 15) is 4.79 Å². The Morgan fingerprint density at radius 2 is 2.05 bits per heavy atom. The molecular weight excluding hydrogens is 282 g/mol. The van der Waals surface area contributed by atoms with Crippen molar-refractivity contribution >= 4 is 18.2 Å². The molecule has 2 nitrogen and oxygen atoms in total. The van der Waals surface area contributed by atoms with Gasteiger partial charge in [-0.2, -0.15) is 0 Å². The summed E-state index contributed by atoms with van der Waals surface area (Å²) < 4.78 is 0. The van der Waals surface area contributed by atoms with E-state index in [-0.39, 0.29) is 17.8 Å². The monoisotopic (exact) mass is 307 g/mol. The van der Waals surface area contributed by atoms with Gasteiger partial charge < -0.3 is 5.32 Å². The van der Waals surface area contributed by atoms with Gasteiger partial charge in [0.05, 0.1) is 5.41 Å². The van der Waals surface area contributed by atoms with Gasteiger partial charge in [0.2, 0.25) is 0 Å². The molecule has 0 amide bonds. The minimum atomic E-state index is -0.212. The standard InChI is InChI=1S/C18H25NO.ClH/c1-2-17(20)18(15-8-4-3-5-9-15)11-10-16-14(13-18)7-6-12-19-16;/h3-5,8-9,14,16,19H,2,6-7,10-13H2,1H3;1H/t14-,16-,18?;/m1./s1. The predicted molar refractivity (Wildman–Crippen MR) is 89.0 cm³/mol. The molecule has 0 radical (unpaired) electrons. The quantitative estimate of drug-likeness (QED) is 0.918. The number of carbonyl (C=O) groups is 1. The average molecular weight is 308 g/mol. The fraction of sp³-hybridized carbons (Fsp3) is 0.611. The van der Waals surface area contributed by atoms with Gasteiger partial charge in [0.15, 0.2) is 0 Å². The van der Waals surface area contributed by atoms with Crippen molar-refractivity contribution < 1.29 is 4.79 Å². The van der Waals surface area contributed by atoms with Gasteiger partial charge in [-0.3, -0.25) is 4.79 Å². The lowest BCUT2D eigenvalue weighted by Gasteiger charge is -2.46. The Hall–Kier alpha value is -0.860. The van der Waals surface area contributed by atoms with Crippen LogP contribution in [-0.2, 0) is 10.2 Å². The van der Waals surface area contributed by atoms with Crippen LogP contribution in [0, 0.1) is 5.92 Å². The molecule has 3 rings (SSSR count). The maximum absolute atomic E-state index is 12.7. The highest BCUT2D eigenvalue weighted by atomic mass is 35.5. The van der Waals surface area contributed by atoms with E-state index < -0.39 is 0 Å². The maximum Gasteiger partial charge on any atom is 0.143 e. The molecule has 3 heteroatoms. The number of piperidine rings is 1. The van der Waals surface area contributed by atoms with Gasteiger partial charge in [-0.25, -0.2) is 0 Å². The maximum atomic E-state index is 12.7. The first-order valence-corrected chi connectivity index (χ1v) is 8.08. The molecule has 1 unspecified atom stereocenters. The number of nitrogens with one attached hydrogen (secondary N) is 1. The molecule has 2 fully saturated rings. The van der Waals surface area contributed by atoms with Crippen LogP contribution in [0.25, 0.3) is 0 Å². The SMILES string of the molecule is CCC(=O)C1(c2ccccc2)CC[C@H]2NCCC[C@@H]2C1.Cl. The number of hydrogen-bond acceptors (Lipinski definition) is 2. The van der Waals surface area contributed by atoms with Gasteiger partial charge >= 0.3 is 0 Å². The summed E-state index contributed by atoms with van der Waals surface area (Å²) in [7, 11) is 0. The van der Waals surface area contributed by atoms with E-state index in [0.29, 0.717) is 24.2 Å². The predicted octanol–water partition coefficient (Wildman–Crippen LogP) is 3.88. The summed E-state index contributed by atoms with van der Waals surface area (Å²) in [6.07, 6.45) is 6.39. The number of fused-ring (bicyclic) bond motifs is 1. The molecule has 2 aliphatic rings. The molecule has 0 spiro atoms. The Morgan fingerprint density at radius 3 is 2.76 bits per heavy atom. The number of hydrogen-bond donors (Lipinski definition) is 1. The van der Waals surface area contributed by atoms with Crippen LogP contribution in [0.3, 0.4) is 0 Å². The number of ketones is 1. The fourth-order valence-electron chi connectivity index (χ4n) is 4.33. The smallest absolute Gasteiger partial charge is 0.143 e. The first-order valence-electron chi connectivity index (χ1n) is 8.08. The summed E-state index contributed by atoms with van der Waals surface area (Å²) in [4.78, 5) is 12.7. The molecule has 3 atom stereocenters. The molecule has 1 aliphatic heterocycles. The highest BCUT2D eigenvalue weighted by molar-refractivity contribution is 5.90. The molecule has 0 aromatic heterocycles. The van der Waals surface area contributed by atoms with Crippen LogP contribution in [0.1, 0.15) is 51.0 Å². The van der Waals surface area contributed by atoms with Crippen LogP contribution in [0.5, 0.6) is 0 Å². The van der Waals surface area contributed by atoms with Crippen molar-refractivity contribution in [3.63, 3.8) is 0 Å². The third-order valence-electron chi connectivity index (χ3n) is 5.40. The van der Waals surface area contributed by atoms with Crippen LogP contribution >= 0.6 is 12.4 Å². The van der Waals surface area contributed by atoms with E-state index in [1.54, 1.807) is 0 Å². The van der Waals surface area contributed by atoms with Crippen molar-refractivity contribution in [3.8, 4) is 0 Å². The highest BCUT2D eigenvalue weighted by Crippen LogP contribution is 2.45. The van der Waals surface area contributed by atoms with Gasteiger partial charge in [0.1, 0.15) is 5.78 Å². The van der Waals surface area contributed by atoms with E-state index in [2.05, 4.69) is 29.6 Å². The van der Waals surface area contributed by atoms with Gasteiger partial charge in [-0.1, -0.05) is 37.3 Å². The number of carbonyl (C=O) groups excluding carboxylic acids is 1. The summed E-state index contributed by atoms with van der Waals surface area (Å²) in [5.74, 6) is 1.11. The van der Waals surface area contributed by atoms with Crippen molar-refractivity contribution in [2.45, 2.75) is 56.9 Å². The number of halogens is 1. The van der Waals surface area contributed by atoms with Crippen LogP contribution in [0.15, 0.2) is 30.3 Å². The third-order valence-corrected chi connectivity index (χ3v) is 5.40. The largest absolute Gasteiger partial charge is 0.314 e. The molecule has 1 aromatic rings. The summed E-state index contributed by atoms with van der Waals surface area (Å²) in [6.45, 7) is 3.17. The second-order valence-electron chi connectivity index (χ2n) is 6.43. The normalized spacial score (nSPS) is 31.9. The Morgan fingerprint density at radius 1 is 1.29 bits per heavy atom. The summed E-state index contributed by atoms with van der Waals surface area (Å²) in [5.41, 5.74) is 1.03. The minimum Gasteiger partial charge on any atom is -0.314 e. The molecule has 0 bridgehead atoms. The van der Waals surface area contributed by atoms with Gasteiger partial charge in [-0.05, 0) is 50.1 Å². The first-order chi connectivity index (χ1) is 9.76. The lowest BCUT2D eigenvalue weighted by Crippen LogP contribution is -2.51. The van der Waals surface area contributed by atoms with Crippen LogP contribution < -0.4 is 5.32 Å². The summed E-state index contributed by atoms with van der Waals surface area (Å²) in [6, 6.07) is 11.1. The van der Waals surface area contributed by atoms with E-state index >= 15 is 0 Å². The lowest BCUT2D eigenvalue weighted by atomic mass is 9.60. The van der Waals surface area contributed by atoms with Crippen molar-refractivity contribution in [2.24, 2.45) is 5.92 Å². The Labute approximate surface area is 134 Å². The van der Waals surface area contributed by atoms with Crippen LogP contribution in [0.4, 0.5) is 0 Å². The van der Waals surface area contributed by atoms with Gasteiger partial charge in [0.25, 0.3) is 0 Å². The van der Waals surface area contributed by atoms with Crippen molar-refractivity contribution in [1.82, 2.24) is 5.32 Å². The molecule has 1 saturated heterocycles. The second-order valence-corrected chi connectivity index (χ2v) is 6.43.